The molecule has 0 aliphatic carbocycles. The van der Waals surface area contributed by atoms with Crippen molar-refractivity contribution in [2.45, 2.75) is 20.8 Å². The van der Waals surface area contributed by atoms with Gasteiger partial charge in [0.25, 0.3) is 0 Å². The second kappa shape index (κ2) is 6.45. The molecule has 4 aromatic rings. The molecule has 0 aliphatic heterocycles. The molecule has 0 saturated carbocycles. The van der Waals surface area contributed by atoms with Gasteiger partial charge in [-0.25, -0.2) is 22.9 Å². The smallest absolute Gasteiger partial charge is 0.229 e. The summed E-state index contributed by atoms with van der Waals surface area (Å²) in [5.41, 5.74) is 5.72. The van der Waals surface area contributed by atoms with Crippen LogP contribution in [0.25, 0.3) is 22.7 Å². The minimum Gasteiger partial charge on any atom is -0.300 e. The molecule has 1 N–H and O–H groups in total. The van der Waals surface area contributed by atoms with Gasteiger partial charge in [0.05, 0.1) is 23.7 Å². The van der Waals surface area contributed by atoms with Gasteiger partial charge in [-0.05, 0) is 50.6 Å². The van der Waals surface area contributed by atoms with Gasteiger partial charge >= 0.3 is 0 Å². The van der Waals surface area contributed by atoms with E-state index in [1.807, 2.05) is 49.7 Å². The molecular weight excluding hydrogens is 376 g/mol. The van der Waals surface area contributed by atoms with Crippen LogP contribution >= 0.6 is 0 Å². The first-order chi connectivity index (χ1) is 13.2. The average Bonchev–Trinajstić information content (AvgIpc) is 3.21. The number of aromatic nitrogens is 5. The fourth-order valence-corrected chi connectivity index (χ4v) is 3.88. The molecule has 8 nitrogen and oxygen atoms in total. The Balaban J connectivity index is 1.82. The largest absolute Gasteiger partial charge is 0.300 e. The van der Waals surface area contributed by atoms with E-state index >= 15 is 0 Å². The SMILES string of the molecule is Cc1cc(C)n2ncc(-c3nccn3-c3ccc(NS(C)(=O)=O)c(C)c3)c2n1. The Hall–Kier alpha value is -3.20. The van der Waals surface area contributed by atoms with E-state index < -0.39 is 10.0 Å². The number of benzene rings is 1. The van der Waals surface area contributed by atoms with Gasteiger partial charge in [-0.2, -0.15) is 5.10 Å². The van der Waals surface area contributed by atoms with E-state index in [-0.39, 0.29) is 0 Å². The van der Waals surface area contributed by atoms with Crippen LogP contribution in [0.2, 0.25) is 0 Å². The van der Waals surface area contributed by atoms with Crippen LogP contribution in [-0.4, -0.2) is 38.8 Å². The number of nitrogens with one attached hydrogen (secondary N) is 1. The molecular formula is C19H20N6O2S. The zero-order valence-electron chi connectivity index (χ0n) is 16.0. The highest BCUT2D eigenvalue weighted by atomic mass is 32.2. The summed E-state index contributed by atoms with van der Waals surface area (Å²) in [5, 5.41) is 4.45. The summed E-state index contributed by atoms with van der Waals surface area (Å²) in [6, 6.07) is 7.49. The van der Waals surface area contributed by atoms with E-state index in [1.54, 1.807) is 23.0 Å². The first-order valence-corrected chi connectivity index (χ1v) is 10.6. The molecule has 0 fully saturated rings. The topological polar surface area (TPSA) is 94.2 Å². The molecule has 3 aromatic heterocycles. The van der Waals surface area contributed by atoms with Crippen LogP contribution in [0.4, 0.5) is 5.69 Å². The Bertz CT molecular complexity index is 1300. The van der Waals surface area contributed by atoms with Crippen LogP contribution in [0.3, 0.4) is 0 Å². The number of hydrogen-bond acceptors (Lipinski definition) is 5. The molecule has 4 rings (SSSR count). The lowest BCUT2D eigenvalue weighted by molar-refractivity contribution is 0.606. The van der Waals surface area contributed by atoms with E-state index in [0.29, 0.717) is 5.69 Å². The third-order valence-electron chi connectivity index (χ3n) is 4.44. The van der Waals surface area contributed by atoms with Crippen molar-refractivity contribution in [1.82, 2.24) is 24.1 Å². The standard InChI is InChI=1S/C19H20N6O2S/c1-12-9-15(5-6-17(12)23-28(4,26)27)24-8-7-20-18(24)16-11-21-25-14(3)10-13(2)22-19(16)25/h5-11,23H,1-4H3. The van der Waals surface area contributed by atoms with Crippen LogP contribution in [0.15, 0.2) is 42.9 Å². The van der Waals surface area contributed by atoms with E-state index in [0.717, 1.165) is 45.9 Å². The molecule has 9 heteroatoms. The number of anilines is 1. The first-order valence-electron chi connectivity index (χ1n) is 8.67. The number of fused-ring (bicyclic) bond motifs is 1. The number of rotatable bonds is 4. The van der Waals surface area contributed by atoms with Crippen LogP contribution in [0, 0.1) is 20.8 Å². The third kappa shape index (κ3) is 3.24. The van der Waals surface area contributed by atoms with Gasteiger partial charge < -0.3 is 0 Å². The van der Waals surface area contributed by atoms with Gasteiger partial charge in [-0.1, -0.05) is 0 Å². The fraction of sp³-hybridized carbons (Fsp3) is 0.211. The maximum absolute atomic E-state index is 11.5. The summed E-state index contributed by atoms with van der Waals surface area (Å²) in [7, 11) is -3.33. The molecule has 3 heterocycles. The molecule has 28 heavy (non-hydrogen) atoms. The van der Waals surface area contributed by atoms with Crippen LogP contribution in [0.1, 0.15) is 17.0 Å². The zero-order chi connectivity index (χ0) is 20.1. The Labute approximate surface area is 162 Å². The lowest BCUT2D eigenvalue weighted by Crippen LogP contribution is -2.10. The van der Waals surface area contributed by atoms with Gasteiger partial charge in [-0.15, -0.1) is 0 Å². The van der Waals surface area contributed by atoms with Crippen LogP contribution < -0.4 is 4.72 Å². The van der Waals surface area contributed by atoms with Crippen LogP contribution in [-0.2, 0) is 10.0 Å². The molecule has 0 bridgehead atoms. The normalized spacial score (nSPS) is 11.9. The third-order valence-corrected chi connectivity index (χ3v) is 5.03. The van der Waals surface area contributed by atoms with Crippen molar-refractivity contribution in [3.63, 3.8) is 0 Å². The molecule has 1 aromatic carbocycles. The van der Waals surface area contributed by atoms with Crippen molar-refractivity contribution < 1.29 is 8.42 Å². The zero-order valence-corrected chi connectivity index (χ0v) is 16.8. The van der Waals surface area contributed by atoms with E-state index in [2.05, 4.69) is 19.8 Å². The quantitative estimate of drug-likeness (QED) is 0.572. The fourth-order valence-electron chi connectivity index (χ4n) is 3.25. The molecule has 0 atom stereocenters. The number of nitrogens with zero attached hydrogens (tertiary/aromatic N) is 5. The van der Waals surface area contributed by atoms with E-state index in [1.165, 1.54) is 0 Å². The summed E-state index contributed by atoms with van der Waals surface area (Å²) in [6.07, 6.45) is 6.48. The lowest BCUT2D eigenvalue weighted by Gasteiger charge is -2.12. The van der Waals surface area contributed by atoms with Gasteiger partial charge in [0.1, 0.15) is 5.82 Å². The number of imidazole rings is 1. The summed E-state index contributed by atoms with van der Waals surface area (Å²) in [4.78, 5) is 9.14. The highest BCUT2D eigenvalue weighted by Gasteiger charge is 2.16. The molecule has 0 radical (unpaired) electrons. The van der Waals surface area contributed by atoms with Gasteiger partial charge in [-0.3, -0.25) is 9.29 Å². The Morgan fingerprint density at radius 3 is 2.61 bits per heavy atom. The Morgan fingerprint density at radius 1 is 1.11 bits per heavy atom. The average molecular weight is 396 g/mol. The number of aryl methyl sites for hydroxylation is 3. The summed E-state index contributed by atoms with van der Waals surface area (Å²) in [6.45, 7) is 5.80. The van der Waals surface area contributed by atoms with Gasteiger partial charge in [0.15, 0.2) is 5.65 Å². The van der Waals surface area contributed by atoms with Gasteiger partial charge in [0, 0.05) is 29.5 Å². The predicted molar refractivity (Wildman–Crippen MR) is 108 cm³/mol. The van der Waals surface area contributed by atoms with Crippen LogP contribution in [0.5, 0.6) is 0 Å². The van der Waals surface area contributed by atoms with E-state index in [9.17, 15) is 8.42 Å². The second-order valence-electron chi connectivity index (χ2n) is 6.83. The summed E-state index contributed by atoms with van der Waals surface area (Å²) >= 11 is 0. The molecule has 0 aliphatic rings. The number of hydrogen-bond donors (Lipinski definition) is 1. The van der Waals surface area contributed by atoms with Crippen molar-refractivity contribution in [3.8, 4) is 17.1 Å². The monoisotopic (exact) mass is 396 g/mol. The predicted octanol–water partition coefficient (Wildman–Crippen LogP) is 2.88. The molecule has 0 amide bonds. The Kier molecular flexibility index (Phi) is 4.19. The molecule has 144 valence electrons. The van der Waals surface area contributed by atoms with Crippen molar-refractivity contribution in [2.75, 3.05) is 11.0 Å². The summed E-state index contributed by atoms with van der Waals surface area (Å²) in [5.74, 6) is 0.718. The van der Waals surface area contributed by atoms with Crippen molar-refractivity contribution in [1.29, 1.82) is 0 Å². The molecule has 0 saturated heterocycles. The first kappa shape index (κ1) is 18.2. The second-order valence-corrected chi connectivity index (χ2v) is 8.58. The van der Waals surface area contributed by atoms with Crippen molar-refractivity contribution in [3.05, 3.63) is 59.8 Å². The van der Waals surface area contributed by atoms with Gasteiger partial charge in [0.2, 0.25) is 10.0 Å². The van der Waals surface area contributed by atoms with Crippen molar-refractivity contribution in [2.24, 2.45) is 0 Å². The summed E-state index contributed by atoms with van der Waals surface area (Å²) < 4.78 is 29.3. The van der Waals surface area contributed by atoms with E-state index in [4.69, 9.17) is 0 Å². The highest BCUT2D eigenvalue weighted by Crippen LogP contribution is 2.27. The highest BCUT2D eigenvalue weighted by molar-refractivity contribution is 7.92. The number of sulfonamides is 1. The maximum atomic E-state index is 11.5. The molecule has 0 spiro atoms. The van der Waals surface area contributed by atoms with Crippen molar-refractivity contribution >= 4 is 21.4 Å². The minimum absolute atomic E-state index is 0.553. The molecule has 0 unspecified atom stereocenters. The maximum Gasteiger partial charge on any atom is 0.229 e. The Morgan fingerprint density at radius 2 is 1.89 bits per heavy atom. The lowest BCUT2D eigenvalue weighted by atomic mass is 10.2. The minimum atomic E-state index is -3.33.